The minimum atomic E-state index is -0.303. The van der Waals surface area contributed by atoms with Crippen LogP contribution in [0.15, 0.2) is 21.1 Å². The van der Waals surface area contributed by atoms with Gasteiger partial charge < -0.3 is 9.80 Å². The van der Waals surface area contributed by atoms with Gasteiger partial charge in [-0.1, -0.05) is 29.3 Å². The van der Waals surface area contributed by atoms with Crippen LogP contribution in [0.5, 0.6) is 0 Å². The highest BCUT2D eigenvalue weighted by atomic mass is 79.9. The molecule has 3 rings (SSSR count). The van der Waals surface area contributed by atoms with Crippen molar-refractivity contribution in [2.75, 3.05) is 18.0 Å². The van der Waals surface area contributed by atoms with Gasteiger partial charge in [0, 0.05) is 22.0 Å². The van der Waals surface area contributed by atoms with Crippen LogP contribution in [-0.2, 0) is 4.79 Å². The van der Waals surface area contributed by atoms with Gasteiger partial charge in [-0.05, 0) is 47.3 Å². The lowest BCUT2D eigenvalue weighted by molar-refractivity contribution is -0.122. The SMILES string of the molecule is CCCCN1C(=O)[C@@H]2CCCN2C(=O)c2cc(Br)cc(Br)c21. The van der Waals surface area contributed by atoms with Crippen molar-refractivity contribution in [2.24, 2.45) is 0 Å². The number of amides is 2. The minimum Gasteiger partial charge on any atom is -0.327 e. The summed E-state index contributed by atoms with van der Waals surface area (Å²) in [5, 5.41) is 0. The number of benzene rings is 1. The van der Waals surface area contributed by atoms with Gasteiger partial charge >= 0.3 is 0 Å². The first kappa shape index (κ1) is 16.0. The molecule has 0 radical (unpaired) electrons. The Hall–Kier alpha value is -0.880. The number of nitrogens with zero attached hydrogens (tertiary/aromatic N) is 2. The summed E-state index contributed by atoms with van der Waals surface area (Å²) in [4.78, 5) is 29.4. The molecule has 2 amide bonds. The molecule has 118 valence electrons. The Bertz CT molecular complexity index is 633. The van der Waals surface area contributed by atoms with Crippen molar-refractivity contribution in [3.05, 3.63) is 26.6 Å². The Morgan fingerprint density at radius 2 is 2.05 bits per heavy atom. The summed E-state index contributed by atoms with van der Waals surface area (Å²) in [6.07, 6.45) is 3.60. The van der Waals surface area contributed by atoms with Crippen molar-refractivity contribution < 1.29 is 9.59 Å². The summed E-state index contributed by atoms with van der Waals surface area (Å²) in [5.41, 5.74) is 1.33. The molecule has 1 aromatic rings. The molecular weight excluding hydrogens is 412 g/mol. The van der Waals surface area contributed by atoms with E-state index in [4.69, 9.17) is 0 Å². The van der Waals surface area contributed by atoms with Crippen LogP contribution in [0.1, 0.15) is 43.0 Å². The molecule has 0 N–H and O–H groups in total. The molecule has 2 aliphatic rings. The number of unbranched alkanes of at least 4 members (excludes halogenated alkanes) is 1. The van der Waals surface area contributed by atoms with Crippen molar-refractivity contribution in [3.63, 3.8) is 0 Å². The van der Waals surface area contributed by atoms with Crippen LogP contribution in [0.3, 0.4) is 0 Å². The minimum absolute atomic E-state index is 0.0353. The van der Waals surface area contributed by atoms with Crippen molar-refractivity contribution in [2.45, 2.75) is 38.6 Å². The Morgan fingerprint density at radius 1 is 1.27 bits per heavy atom. The third kappa shape index (κ3) is 2.60. The van der Waals surface area contributed by atoms with E-state index in [0.717, 1.165) is 40.3 Å². The molecule has 0 aromatic heterocycles. The van der Waals surface area contributed by atoms with Crippen molar-refractivity contribution in [1.82, 2.24) is 4.90 Å². The summed E-state index contributed by atoms with van der Waals surface area (Å²) in [5.74, 6) is 0.0212. The molecular formula is C16H18Br2N2O2. The van der Waals surface area contributed by atoms with Gasteiger partial charge in [0.25, 0.3) is 5.91 Å². The van der Waals surface area contributed by atoms with E-state index >= 15 is 0 Å². The number of anilines is 1. The van der Waals surface area contributed by atoms with Crippen LogP contribution in [0, 0.1) is 0 Å². The Morgan fingerprint density at radius 3 is 2.77 bits per heavy atom. The first-order valence-electron chi connectivity index (χ1n) is 7.66. The van der Waals surface area contributed by atoms with E-state index in [1.807, 2.05) is 17.0 Å². The van der Waals surface area contributed by atoms with Crippen LogP contribution in [-0.4, -0.2) is 35.8 Å². The van der Waals surface area contributed by atoms with Crippen LogP contribution in [0.4, 0.5) is 5.69 Å². The van der Waals surface area contributed by atoms with Crippen molar-refractivity contribution >= 4 is 49.4 Å². The summed E-state index contributed by atoms with van der Waals surface area (Å²) in [6.45, 7) is 3.42. The largest absolute Gasteiger partial charge is 0.327 e. The van der Waals surface area contributed by atoms with E-state index in [1.54, 1.807) is 4.90 Å². The maximum Gasteiger partial charge on any atom is 0.256 e. The monoisotopic (exact) mass is 428 g/mol. The van der Waals surface area contributed by atoms with Gasteiger partial charge in [0.15, 0.2) is 0 Å². The normalized spacial score (nSPS) is 21.0. The number of hydrogen-bond acceptors (Lipinski definition) is 2. The van der Waals surface area contributed by atoms with Crippen LogP contribution in [0.25, 0.3) is 0 Å². The standard InChI is InChI=1S/C16H18Br2N2O2/c1-2-3-6-20-14-11(8-10(17)9-12(14)18)15(21)19-7-4-5-13(19)16(20)22/h8-9,13H,2-7H2,1H3/t13-/m0/s1. The van der Waals surface area contributed by atoms with Gasteiger partial charge in [-0.2, -0.15) is 0 Å². The predicted molar refractivity (Wildman–Crippen MR) is 93.2 cm³/mol. The first-order chi connectivity index (χ1) is 10.5. The van der Waals surface area contributed by atoms with Gasteiger partial charge in [-0.25, -0.2) is 0 Å². The zero-order valence-electron chi connectivity index (χ0n) is 12.4. The summed E-state index contributed by atoms with van der Waals surface area (Å²) < 4.78 is 1.63. The van der Waals surface area contributed by atoms with E-state index in [9.17, 15) is 9.59 Å². The quantitative estimate of drug-likeness (QED) is 0.729. The third-order valence-electron chi connectivity index (χ3n) is 4.33. The van der Waals surface area contributed by atoms with Gasteiger partial charge in [-0.15, -0.1) is 0 Å². The Kier molecular flexibility index (Phi) is 4.59. The lowest BCUT2D eigenvalue weighted by Crippen LogP contribution is -2.45. The average molecular weight is 430 g/mol. The molecule has 22 heavy (non-hydrogen) atoms. The molecule has 1 atom stereocenters. The summed E-state index contributed by atoms with van der Waals surface area (Å²) in [6, 6.07) is 3.42. The maximum absolute atomic E-state index is 13.0. The Labute approximate surface area is 147 Å². The molecule has 2 heterocycles. The second kappa shape index (κ2) is 6.32. The molecule has 0 bridgehead atoms. The smallest absolute Gasteiger partial charge is 0.256 e. The molecule has 0 aliphatic carbocycles. The van der Waals surface area contributed by atoms with Gasteiger partial charge in [0.1, 0.15) is 6.04 Å². The highest BCUT2D eigenvalue weighted by Crippen LogP contribution is 2.39. The molecule has 1 fully saturated rings. The molecule has 2 aliphatic heterocycles. The fraction of sp³-hybridized carbons (Fsp3) is 0.500. The van der Waals surface area contributed by atoms with E-state index in [-0.39, 0.29) is 17.9 Å². The van der Waals surface area contributed by atoms with E-state index in [1.165, 1.54) is 0 Å². The van der Waals surface area contributed by atoms with E-state index in [2.05, 4.69) is 38.8 Å². The second-order valence-electron chi connectivity index (χ2n) is 5.78. The van der Waals surface area contributed by atoms with Crippen LogP contribution >= 0.6 is 31.9 Å². The molecule has 6 heteroatoms. The maximum atomic E-state index is 13.0. The lowest BCUT2D eigenvalue weighted by atomic mass is 10.1. The fourth-order valence-corrected chi connectivity index (χ4v) is 4.69. The van der Waals surface area contributed by atoms with Crippen molar-refractivity contribution in [3.8, 4) is 0 Å². The molecule has 0 saturated carbocycles. The molecule has 0 unspecified atom stereocenters. The van der Waals surface area contributed by atoms with E-state index in [0.29, 0.717) is 18.7 Å². The topological polar surface area (TPSA) is 40.6 Å². The number of carbonyl (C=O) groups is 2. The van der Waals surface area contributed by atoms with Crippen LogP contribution in [0.2, 0.25) is 0 Å². The van der Waals surface area contributed by atoms with Gasteiger partial charge in [0.2, 0.25) is 5.91 Å². The third-order valence-corrected chi connectivity index (χ3v) is 5.39. The lowest BCUT2D eigenvalue weighted by Gasteiger charge is -2.26. The first-order valence-corrected chi connectivity index (χ1v) is 9.24. The van der Waals surface area contributed by atoms with Gasteiger partial charge in [-0.3, -0.25) is 9.59 Å². The zero-order chi connectivity index (χ0) is 15.9. The Balaban J connectivity index is 2.16. The molecule has 1 aromatic carbocycles. The van der Waals surface area contributed by atoms with E-state index < -0.39 is 0 Å². The highest BCUT2D eigenvalue weighted by molar-refractivity contribution is 9.11. The molecule has 1 saturated heterocycles. The highest BCUT2D eigenvalue weighted by Gasteiger charge is 2.42. The summed E-state index contributed by atoms with van der Waals surface area (Å²) in [7, 11) is 0. The number of halogens is 2. The molecule has 4 nitrogen and oxygen atoms in total. The molecule has 0 spiro atoms. The van der Waals surface area contributed by atoms with Gasteiger partial charge in [0.05, 0.1) is 11.3 Å². The fourth-order valence-electron chi connectivity index (χ4n) is 3.25. The average Bonchev–Trinajstić information content (AvgIpc) is 2.94. The number of hydrogen-bond donors (Lipinski definition) is 0. The predicted octanol–water partition coefficient (Wildman–Crippen LogP) is 3.96. The van der Waals surface area contributed by atoms with Crippen LogP contribution < -0.4 is 4.90 Å². The number of rotatable bonds is 3. The zero-order valence-corrected chi connectivity index (χ0v) is 15.6. The number of fused-ring (bicyclic) bond motifs is 2. The number of carbonyl (C=O) groups excluding carboxylic acids is 2. The second-order valence-corrected chi connectivity index (χ2v) is 7.55. The summed E-state index contributed by atoms with van der Waals surface area (Å²) >= 11 is 6.99. The van der Waals surface area contributed by atoms with Crippen molar-refractivity contribution in [1.29, 1.82) is 0 Å².